The molecule has 0 radical (unpaired) electrons. The second-order valence-corrected chi connectivity index (χ2v) is 9.05. The first-order valence-electron chi connectivity index (χ1n) is 12.1. The maximum atomic E-state index is 13.4. The first-order chi connectivity index (χ1) is 17.6. The van der Waals surface area contributed by atoms with E-state index in [-0.39, 0.29) is 11.8 Å². The Morgan fingerprint density at radius 1 is 0.917 bits per heavy atom. The van der Waals surface area contributed by atoms with Gasteiger partial charge in [-0.05, 0) is 29.7 Å². The van der Waals surface area contributed by atoms with Crippen LogP contribution in [0.25, 0.3) is 0 Å². The van der Waals surface area contributed by atoms with Crippen LogP contribution in [0.3, 0.4) is 0 Å². The highest BCUT2D eigenvalue weighted by molar-refractivity contribution is 5.93. The number of carbonyl (C=O) groups is 2. The van der Waals surface area contributed by atoms with Crippen molar-refractivity contribution >= 4 is 17.6 Å². The molecular formula is C27H30N6O3. The smallest absolute Gasteiger partial charge is 0.324 e. The third kappa shape index (κ3) is 4.82. The second-order valence-electron chi connectivity index (χ2n) is 9.05. The minimum atomic E-state index is -1.15. The van der Waals surface area contributed by atoms with Crippen LogP contribution in [-0.2, 0) is 9.59 Å². The van der Waals surface area contributed by atoms with E-state index in [1.54, 1.807) is 5.01 Å². The summed E-state index contributed by atoms with van der Waals surface area (Å²) in [4.78, 5) is 24.7. The number of hydrazine groups is 4. The lowest BCUT2D eigenvalue weighted by molar-refractivity contribution is -0.147. The Labute approximate surface area is 210 Å². The second kappa shape index (κ2) is 10.5. The van der Waals surface area contributed by atoms with E-state index < -0.39 is 18.2 Å². The van der Waals surface area contributed by atoms with Crippen molar-refractivity contribution in [2.75, 3.05) is 24.6 Å². The van der Waals surface area contributed by atoms with Crippen molar-refractivity contribution in [1.29, 1.82) is 0 Å². The molecule has 0 aromatic heterocycles. The molecule has 2 aliphatic heterocycles. The first kappa shape index (κ1) is 24.0. The lowest BCUT2D eigenvalue weighted by Crippen LogP contribution is -2.72. The minimum Gasteiger partial charge on any atom is -0.480 e. The van der Waals surface area contributed by atoms with Crippen molar-refractivity contribution < 1.29 is 14.7 Å². The van der Waals surface area contributed by atoms with Crippen LogP contribution in [0.4, 0.5) is 5.69 Å². The van der Waals surface area contributed by atoms with E-state index in [1.165, 1.54) is 11.1 Å². The largest absolute Gasteiger partial charge is 0.480 e. The number of hydrogen-bond donors (Lipinski definition) is 4. The molecule has 36 heavy (non-hydrogen) atoms. The number of carboxylic acids is 1. The number of para-hydroxylation sites is 1. The average Bonchev–Trinajstić information content (AvgIpc) is 3.17. The number of carboxylic acid groups (broad SMARTS) is 1. The molecular weight excluding hydrogens is 456 g/mol. The maximum absolute atomic E-state index is 13.4. The molecule has 2 aliphatic rings. The number of carbonyl (C=O) groups excluding carboxylic acids is 1. The zero-order valence-corrected chi connectivity index (χ0v) is 19.9. The zero-order chi connectivity index (χ0) is 25.0. The number of benzene rings is 3. The highest BCUT2D eigenvalue weighted by atomic mass is 16.4. The van der Waals surface area contributed by atoms with Crippen LogP contribution in [0.5, 0.6) is 0 Å². The van der Waals surface area contributed by atoms with Crippen molar-refractivity contribution in [3.63, 3.8) is 0 Å². The first-order valence-corrected chi connectivity index (χ1v) is 12.1. The molecule has 1 unspecified atom stereocenters. The summed E-state index contributed by atoms with van der Waals surface area (Å²) in [6.07, 6.45) is 1.34. The molecule has 0 aliphatic carbocycles. The molecule has 1 spiro atoms. The summed E-state index contributed by atoms with van der Waals surface area (Å²) in [6.45, 7) is 0.912. The van der Waals surface area contributed by atoms with Crippen molar-refractivity contribution in [1.82, 2.24) is 26.5 Å². The van der Waals surface area contributed by atoms with Gasteiger partial charge in [-0.25, -0.2) is 15.4 Å². The van der Waals surface area contributed by atoms with Gasteiger partial charge in [0.2, 0.25) is 5.66 Å². The van der Waals surface area contributed by atoms with Gasteiger partial charge in [0.25, 0.3) is 5.91 Å². The molecule has 186 valence electrons. The van der Waals surface area contributed by atoms with Crippen LogP contribution < -0.4 is 21.5 Å². The predicted molar refractivity (Wildman–Crippen MR) is 136 cm³/mol. The van der Waals surface area contributed by atoms with Gasteiger partial charge in [0.1, 0.15) is 6.54 Å². The molecule has 0 bridgehead atoms. The third-order valence-electron chi connectivity index (χ3n) is 6.77. The van der Waals surface area contributed by atoms with Gasteiger partial charge < -0.3 is 5.11 Å². The fourth-order valence-corrected chi connectivity index (χ4v) is 4.93. The van der Waals surface area contributed by atoms with Gasteiger partial charge in [-0.15, -0.1) is 5.53 Å². The minimum absolute atomic E-state index is 0.242. The fourth-order valence-electron chi connectivity index (χ4n) is 4.93. The van der Waals surface area contributed by atoms with Crippen LogP contribution in [0.2, 0.25) is 0 Å². The summed E-state index contributed by atoms with van der Waals surface area (Å²) in [5.41, 5.74) is 11.5. The number of aliphatic carboxylic acids is 1. The molecule has 1 atom stereocenters. The Balaban J connectivity index is 1.30. The molecule has 5 rings (SSSR count). The van der Waals surface area contributed by atoms with Gasteiger partial charge in [-0.1, -0.05) is 78.9 Å². The van der Waals surface area contributed by atoms with E-state index in [0.717, 1.165) is 23.7 Å². The SMILES string of the molecule is O=C(O)CN1NN(c2ccccc2)C2(CCN(CCC(c3ccccc3)c3ccccc3)NN2)C1=O. The molecule has 2 heterocycles. The van der Waals surface area contributed by atoms with Crippen molar-refractivity contribution in [3.05, 3.63) is 102 Å². The number of nitrogens with zero attached hydrogens (tertiary/aromatic N) is 3. The number of amides is 1. The lowest BCUT2D eigenvalue weighted by atomic mass is 9.88. The molecule has 3 aromatic rings. The van der Waals surface area contributed by atoms with E-state index in [1.807, 2.05) is 42.5 Å². The summed E-state index contributed by atoms with van der Waals surface area (Å²) in [6, 6.07) is 30.4. The summed E-state index contributed by atoms with van der Waals surface area (Å²) >= 11 is 0. The Bertz CT molecular complexity index is 1130. The van der Waals surface area contributed by atoms with Crippen LogP contribution >= 0.6 is 0 Å². The van der Waals surface area contributed by atoms with E-state index in [4.69, 9.17) is 0 Å². The molecule has 4 N–H and O–H groups in total. The number of nitrogens with one attached hydrogen (secondary N) is 3. The van der Waals surface area contributed by atoms with Crippen LogP contribution in [0.1, 0.15) is 29.9 Å². The van der Waals surface area contributed by atoms with E-state index in [2.05, 4.69) is 70.0 Å². The Morgan fingerprint density at radius 3 is 2.03 bits per heavy atom. The van der Waals surface area contributed by atoms with Gasteiger partial charge in [-0.2, -0.15) is 5.53 Å². The van der Waals surface area contributed by atoms with Gasteiger partial charge in [-0.3, -0.25) is 14.6 Å². The van der Waals surface area contributed by atoms with Gasteiger partial charge in [0, 0.05) is 25.4 Å². The third-order valence-corrected chi connectivity index (χ3v) is 6.77. The van der Waals surface area contributed by atoms with Crippen LogP contribution in [-0.4, -0.2) is 52.3 Å². The Morgan fingerprint density at radius 2 is 1.50 bits per heavy atom. The molecule has 3 aromatic carbocycles. The van der Waals surface area contributed by atoms with E-state index >= 15 is 0 Å². The van der Waals surface area contributed by atoms with E-state index in [0.29, 0.717) is 13.0 Å². The normalized spacial score (nSPS) is 20.4. The van der Waals surface area contributed by atoms with Crippen LogP contribution in [0.15, 0.2) is 91.0 Å². The molecule has 2 saturated heterocycles. The molecule has 1 amide bonds. The number of anilines is 1. The zero-order valence-electron chi connectivity index (χ0n) is 19.9. The Kier molecular flexibility index (Phi) is 6.97. The summed E-state index contributed by atoms with van der Waals surface area (Å²) < 4.78 is 0. The Hall–Kier alpha value is -3.76. The number of rotatable bonds is 8. The highest BCUT2D eigenvalue weighted by Crippen LogP contribution is 2.32. The van der Waals surface area contributed by atoms with E-state index in [9.17, 15) is 14.7 Å². The van der Waals surface area contributed by atoms with Crippen molar-refractivity contribution in [3.8, 4) is 0 Å². The lowest BCUT2D eigenvalue weighted by Gasteiger charge is -2.43. The highest BCUT2D eigenvalue weighted by Gasteiger charge is 2.55. The summed E-state index contributed by atoms with van der Waals surface area (Å²) in [5.74, 6) is -1.18. The molecule has 9 heteroatoms. The van der Waals surface area contributed by atoms with Gasteiger partial charge >= 0.3 is 5.97 Å². The summed E-state index contributed by atoms with van der Waals surface area (Å²) in [5, 5.41) is 14.2. The molecule has 2 fully saturated rings. The quantitative estimate of drug-likeness (QED) is 0.385. The van der Waals surface area contributed by atoms with Crippen molar-refractivity contribution in [2.45, 2.75) is 24.4 Å². The average molecular weight is 487 g/mol. The monoisotopic (exact) mass is 486 g/mol. The molecule has 9 nitrogen and oxygen atoms in total. The standard InChI is InChI=1S/C27H30N6O3/c34-25(35)20-32-26(36)27(33(30-32)23-14-8-3-9-15-23)17-19-31(29-28-27)18-16-24(21-10-4-1-5-11-21)22-12-6-2-7-13-22/h1-15,24,28-30H,16-20H2,(H,34,35). The fraction of sp³-hybridized carbons (Fsp3) is 0.259. The van der Waals surface area contributed by atoms with Gasteiger partial charge in [0.15, 0.2) is 0 Å². The molecule has 0 saturated carbocycles. The predicted octanol–water partition coefficient (Wildman–Crippen LogP) is 2.47. The van der Waals surface area contributed by atoms with Crippen molar-refractivity contribution in [2.24, 2.45) is 0 Å². The maximum Gasteiger partial charge on any atom is 0.324 e. The van der Waals surface area contributed by atoms with Crippen LogP contribution in [0, 0.1) is 0 Å². The number of hydrogen-bond acceptors (Lipinski definition) is 7. The van der Waals surface area contributed by atoms with Gasteiger partial charge in [0.05, 0.1) is 5.69 Å². The topological polar surface area (TPSA) is 100 Å². The summed E-state index contributed by atoms with van der Waals surface area (Å²) in [7, 11) is 0.